The van der Waals surface area contributed by atoms with Crippen molar-refractivity contribution in [2.75, 3.05) is 6.54 Å². The quantitative estimate of drug-likeness (QED) is 0.845. The Labute approximate surface area is 118 Å². The Morgan fingerprint density at radius 1 is 1.40 bits per heavy atom. The van der Waals surface area contributed by atoms with E-state index in [2.05, 4.69) is 5.10 Å². The highest BCUT2D eigenvalue weighted by Crippen LogP contribution is 2.31. The highest BCUT2D eigenvalue weighted by molar-refractivity contribution is 5.91. The van der Waals surface area contributed by atoms with Crippen LogP contribution in [0, 0.1) is 0 Å². The van der Waals surface area contributed by atoms with E-state index in [4.69, 9.17) is 4.42 Å². The van der Waals surface area contributed by atoms with Crippen LogP contribution in [0.25, 0.3) is 0 Å². The molecule has 0 spiro atoms. The summed E-state index contributed by atoms with van der Waals surface area (Å²) in [5.41, 5.74) is 1.11. The zero-order chi connectivity index (χ0) is 13.9. The van der Waals surface area contributed by atoms with E-state index in [9.17, 15) is 4.79 Å². The van der Waals surface area contributed by atoms with Crippen molar-refractivity contribution in [2.24, 2.45) is 7.05 Å². The molecule has 0 radical (unpaired) electrons. The number of aryl methyl sites for hydroxylation is 1. The highest BCUT2D eigenvalue weighted by Gasteiger charge is 2.29. The second kappa shape index (κ2) is 5.53. The normalized spacial score (nSPS) is 19.9. The second-order valence-electron chi connectivity index (χ2n) is 5.29. The Bertz CT molecular complexity index is 574. The van der Waals surface area contributed by atoms with Crippen LogP contribution in [0.3, 0.4) is 0 Å². The fraction of sp³-hybridized carbons (Fsp3) is 0.467. The molecular weight excluding hydrogens is 254 g/mol. The molecule has 20 heavy (non-hydrogen) atoms. The van der Waals surface area contributed by atoms with Gasteiger partial charge in [-0.3, -0.25) is 9.48 Å². The Hall–Kier alpha value is -2.04. The molecular formula is C15H19N3O2. The summed E-state index contributed by atoms with van der Waals surface area (Å²) in [6.45, 7) is 0.777. The molecule has 1 atom stereocenters. The van der Waals surface area contributed by atoms with Gasteiger partial charge in [-0.05, 0) is 25.0 Å². The number of amides is 1. The number of carbonyl (C=O) groups excluding carboxylic acids is 1. The topological polar surface area (TPSA) is 51.3 Å². The molecule has 3 heterocycles. The molecule has 1 fully saturated rings. The molecule has 2 aromatic rings. The number of aromatic nitrogens is 2. The average Bonchev–Trinajstić information content (AvgIpc) is 3.05. The average molecular weight is 273 g/mol. The number of rotatable bonds is 2. The van der Waals surface area contributed by atoms with Crippen LogP contribution in [-0.4, -0.2) is 27.1 Å². The van der Waals surface area contributed by atoms with Crippen molar-refractivity contribution in [2.45, 2.75) is 31.7 Å². The van der Waals surface area contributed by atoms with E-state index in [0.29, 0.717) is 5.76 Å². The maximum Gasteiger partial charge on any atom is 0.290 e. The summed E-state index contributed by atoms with van der Waals surface area (Å²) in [5, 5.41) is 4.23. The summed E-state index contributed by atoms with van der Waals surface area (Å²) < 4.78 is 7.05. The first kappa shape index (κ1) is 13.0. The summed E-state index contributed by atoms with van der Waals surface area (Å²) in [4.78, 5) is 14.5. The molecule has 2 aromatic heterocycles. The van der Waals surface area contributed by atoms with Crippen LogP contribution < -0.4 is 0 Å². The van der Waals surface area contributed by atoms with Gasteiger partial charge >= 0.3 is 0 Å². The standard InChI is InChI=1S/C15H19N3O2/c1-17-11-12(10-16-17)13-6-3-2-4-8-18(13)15(19)14-7-5-9-20-14/h5,7,9-11,13H,2-4,6,8H2,1H3/t13-/m0/s1. The van der Waals surface area contributed by atoms with Crippen LogP contribution in [0.2, 0.25) is 0 Å². The van der Waals surface area contributed by atoms with Crippen LogP contribution in [0.1, 0.15) is 47.8 Å². The third-order valence-electron chi connectivity index (χ3n) is 3.86. The Morgan fingerprint density at radius 2 is 2.30 bits per heavy atom. The number of hydrogen-bond acceptors (Lipinski definition) is 3. The zero-order valence-corrected chi connectivity index (χ0v) is 11.7. The van der Waals surface area contributed by atoms with Gasteiger partial charge in [0.1, 0.15) is 0 Å². The minimum Gasteiger partial charge on any atom is -0.459 e. The van der Waals surface area contributed by atoms with Crippen LogP contribution in [0.5, 0.6) is 0 Å². The van der Waals surface area contributed by atoms with Gasteiger partial charge < -0.3 is 9.32 Å². The van der Waals surface area contributed by atoms with Crippen LogP contribution in [0.4, 0.5) is 0 Å². The molecule has 0 aliphatic carbocycles. The summed E-state index contributed by atoms with van der Waals surface area (Å²) in [7, 11) is 1.90. The molecule has 0 aromatic carbocycles. The van der Waals surface area contributed by atoms with Gasteiger partial charge in [0.25, 0.3) is 5.91 Å². The van der Waals surface area contributed by atoms with Crippen LogP contribution >= 0.6 is 0 Å². The van der Waals surface area contributed by atoms with E-state index < -0.39 is 0 Å². The fourth-order valence-electron chi connectivity index (χ4n) is 2.85. The van der Waals surface area contributed by atoms with Crippen molar-refractivity contribution in [3.8, 4) is 0 Å². The molecule has 3 rings (SSSR count). The predicted octanol–water partition coefficient (Wildman–Crippen LogP) is 2.77. The van der Waals surface area contributed by atoms with Gasteiger partial charge in [-0.2, -0.15) is 5.10 Å². The maximum atomic E-state index is 12.6. The van der Waals surface area contributed by atoms with E-state index in [1.54, 1.807) is 23.1 Å². The lowest BCUT2D eigenvalue weighted by atomic mass is 10.0. The van der Waals surface area contributed by atoms with Crippen LogP contribution in [-0.2, 0) is 7.05 Å². The Kier molecular flexibility index (Phi) is 3.58. The molecule has 0 bridgehead atoms. The van der Waals surface area contributed by atoms with Gasteiger partial charge in [-0.15, -0.1) is 0 Å². The van der Waals surface area contributed by atoms with Crippen LogP contribution in [0.15, 0.2) is 35.2 Å². The SMILES string of the molecule is Cn1cc([C@@H]2CCCCCN2C(=O)c2ccco2)cn1. The highest BCUT2D eigenvalue weighted by atomic mass is 16.3. The van der Waals surface area contributed by atoms with E-state index in [0.717, 1.165) is 31.4 Å². The molecule has 1 aliphatic heterocycles. The first-order chi connectivity index (χ1) is 9.75. The van der Waals surface area contributed by atoms with Crippen molar-refractivity contribution in [3.05, 3.63) is 42.1 Å². The van der Waals surface area contributed by atoms with E-state index >= 15 is 0 Å². The van der Waals surface area contributed by atoms with Gasteiger partial charge in [0.15, 0.2) is 5.76 Å². The Balaban J connectivity index is 1.89. The maximum absolute atomic E-state index is 12.6. The molecule has 0 saturated carbocycles. The molecule has 1 saturated heterocycles. The lowest BCUT2D eigenvalue weighted by Crippen LogP contribution is -2.34. The lowest BCUT2D eigenvalue weighted by molar-refractivity contribution is 0.0648. The predicted molar refractivity (Wildman–Crippen MR) is 74.2 cm³/mol. The summed E-state index contributed by atoms with van der Waals surface area (Å²) >= 11 is 0. The lowest BCUT2D eigenvalue weighted by Gasteiger charge is -2.28. The Morgan fingerprint density at radius 3 is 3.00 bits per heavy atom. The zero-order valence-electron chi connectivity index (χ0n) is 11.7. The molecule has 1 amide bonds. The monoisotopic (exact) mass is 273 g/mol. The van der Waals surface area contributed by atoms with Crippen molar-refractivity contribution in [1.82, 2.24) is 14.7 Å². The molecule has 5 nitrogen and oxygen atoms in total. The molecule has 0 N–H and O–H groups in total. The fourth-order valence-corrected chi connectivity index (χ4v) is 2.85. The number of furan rings is 1. The summed E-state index contributed by atoms with van der Waals surface area (Å²) in [6.07, 6.45) is 9.74. The minimum absolute atomic E-state index is 0.0225. The number of likely N-dealkylation sites (tertiary alicyclic amines) is 1. The molecule has 5 heteroatoms. The van der Waals surface area contributed by atoms with Gasteiger partial charge in [0.2, 0.25) is 0 Å². The smallest absolute Gasteiger partial charge is 0.290 e. The molecule has 0 unspecified atom stereocenters. The van der Waals surface area contributed by atoms with E-state index in [1.807, 2.05) is 24.3 Å². The minimum atomic E-state index is -0.0225. The van der Waals surface area contributed by atoms with E-state index in [1.165, 1.54) is 6.42 Å². The van der Waals surface area contributed by atoms with Crippen molar-refractivity contribution in [3.63, 3.8) is 0 Å². The third-order valence-corrected chi connectivity index (χ3v) is 3.86. The van der Waals surface area contributed by atoms with Crippen molar-refractivity contribution >= 4 is 5.91 Å². The summed E-state index contributed by atoms with van der Waals surface area (Å²) in [6, 6.07) is 3.58. The molecule has 106 valence electrons. The largest absolute Gasteiger partial charge is 0.459 e. The van der Waals surface area contributed by atoms with E-state index in [-0.39, 0.29) is 11.9 Å². The van der Waals surface area contributed by atoms with Crippen molar-refractivity contribution in [1.29, 1.82) is 0 Å². The number of nitrogens with zero attached hydrogens (tertiary/aromatic N) is 3. The first-order valence-corrected chi connectivity index (χ1v) is 7.09. The second-order valence-corrected chi connectivity index (χ2v) is 5.29. The third kappa shape index (κ3) is 2.48. The molecule has 1 aliphatic rings. The number of hydrogen-bond donors (Lipinski definition) is 0. The summed E-state index contributed by atoms with van der Waals surface area (Å²) in [5.74, 6) is 0.395. The first-order valence-electron chi connectivity index (χ1n) is 7.09. The van der Waals surface area contributed by atoms with Gasteiger partial charge in [0, 0.05) is 25.4 Å². The van der Waals surface area contributed by atoms with Gasteiger partial charge in [-0.25, -0.2) is 0 Å². The number of carbonyl (C=O) groups is 1. The van der Waals surface area contributed by atoms with Crippen molar-refractivity contribution < 1.29 is 9.21 Å². The van der Waals surface area contributed by atoms with Gasteiger partial charge in [0.05, 0.1) is 18.5 Å². The van der Waals surface area contributed by atoms with Gasteiger partial charge in [-0.1, -0.05) is 12.8 Å².